The molecule has 0 amide bonds. The fraction of sp³-hybridized carbons (Fsp3) is 0.478. The van der Waals surface area contributed by atoms with Crippen molar-refractivity contribution in [3.05, 3.63) is 70.3 Å². The first-order valence-electron chi connectivity index (χ1n) is 10.6. The van der Waals surface area contributed by atoms with Crippen LogP contribution in [0.2, 0.25) is 0 Å². The van der Waals surface area contributed by atoms with Gasteiger partial charge in [0.15, 0.2) is 0 Å². The van der Waals surface area contributed by atoms with E-state index in [1.54, 1.807) is 0 Å². The molecular weight excluding hydrogens is 422 g/mol. The number of hydrogen-bond donors (Lipinski definition) is 3. The number of aliphatic hydroxyl groups is 1. The van der Waals surface area contributed by atoms with E-state index in [0.717, 1.165) is 50.1 Å². The van der Waals surface area contributed by atoms with Crippen LogP contribution < -0.4 is 10.0 Å². The Kier molecular flexibility index (Phi) is 7.80. The molecule has 0 radical (unpaired) electrons. The van der Waals surface area contributed by atoms with Gasteiger partial charge >= 0.3 is 0 Å². The Bertz CT molecular complexity index is 994. The van der Waals surface area contributed by atoms with Gasteiger partial charge in [-0.15, -0.1) is 0 Å². The lowest BCUT2D eigenvalue weighted by Gasteiger charge is -2.30. The first-order chi connectivity index (χ1) is 14.6. The number of halogens is 2. The minimum atomic E-state index is -3.63. The molecule has 3 rings (SSSR count). The first-order valence-corrected chi connectivity index (χ1v) is 12.5. The van der Waals surface area contributed by atoms with Crippen LogP contribution in [0.3, 0.4) is 0 Å². The van der Waals surface area contributed by atoms with Crippen molar-refractivity contribution in [1.29, 1.82) is 0 Å². The molecule has 1 unspecified atom stereocenters. The van der Waals surface area contributed by atoms with Crippen LogP contribution in [0.5, 0.6) is 0 Å². The lowest BCUT2D eigenvalue weighted by Crippen LogP contribution is -2.49. The number of sulfonamides is 1. The van der Waals surface area contributed by atoms with Crippen LogP contribution in [-0.4, -0.2) is 38.5 Å². The molecule has 31 heavy (non-hydrogen) atoms. The maximum atomic E-state index is 13.6. The minimum absolute atomic E-state index is 0.0359. The van der Waals surface area contributed by atoms with Crippen molar-refractivity contribution in [1.82, 2.24) is 10.0 Å². The lowest BCUT2D eigenvalue weighted by atomic mass is 9.86. The van der Waals surface area contributed by atoms with Crippen LogP contribution in [0.25, 0.3) is 0 Å². The monoisotopic (exact) mass is 452 g/mol. The summed E-state index contributed by atoms with van der Waals surface area (Å²) >= 11 is 0. The SMILES string of the molecule is CCc1ccc2c(c1)[C@@H](NC[C@@H](O)C(Cc1cc(F)cc(F)c1)NS(C)(=O)=O)CCC2. The number of rotatable bonds is 9. The second kappa shape index (κ2) is 10.2. The molecule has 0 aromatic heterocycles. The molecule has 0 fully saturated rings. The van der Waals surface area contributed by atoms with Crippen LogP contribution >= 0.6 is 0 Å². The molecule has 2 aromatic rings. The Morgan fingerprint density at radius 1 is 1.13 bits per heavy atom. The van der Waals surface area contributed by atoms with Crippen molar-refractivity contribution in [2.24, 2.45) is 0 Å². The van der Waals surface area contributed by atoms with Gasteiger partial charge in [-0.25, -0.2) is 21.9 Å². The molecule has 3 N–H and O–H groups in total. The summed E-state index contributed by atoms with van der Waals surface area (Å²) in [6.45, 7) is 2.25. The van der Waals surface area contributed by atoms with Gasteiger partial charge < -0.3 is 10.4 Å². The molecule has 0 bridgehead atoms. The van der Waals surface area contributed by atoms with Crippen LogP contribution in [0.15, 0.2) is 36.4 Å². The summed E-state index contributed by atoms with van der Waals surface area (Å²) in [5.74, 6) is -1.49. The second-order valence-corrected chi connectivity index (χ2v) is 10.1. The summed E-state index contributed by atoms with van der Waals surface area (Å²) in [6.07, 6.45) is 3.78. The zero-order valence-corrected chi connectivity index (χ0v) is 18.7. The van der Waals surface area contributed by atoms with E-state index >= 15 is 0 Å². The number of fused-ring (bicyclic) bond motifs is 1. The molecule has 0 heterocycles. The predicted octanol–water partition coefficient (Wildman–Crippen LogP) is 3.02. The zero-order chi connectivity index (χ0) is 22.6. The second-order valence-electron chi connectivity index (χ2n) is 8.29. The molecule has 0 aliphatic heterocycles. The Morgan fingerprint density at radius 3 is 2.48 bits per heavy atom. The van der Waals surface area contributed by atoms with Crippen molar-refractivity contribution in [2.75, 3.05) is 12.8 Å². The van der Waals surface area contributed by atoms with Crippen LogP contribution in [0.4, 0.5) is 8.78 Å². The third-order valence-electron chi connectivity index (χ3n) is 5.71. The molecule has 8 heteroatoms. The molecule has 0 saturated heterocycles. The number of aliphatic hydroxyl groups excluding tert-OH is 1. The van der Waals surface area contributed by atoms with Crippen molar-refractivity contribution in [3.63, 3.8) is 0 Å². The van der Waals surface area contributed by atoms with E-state index in [4.69, 9.17) is 0 Å². The van der Waals surface area contributed by atoms with E-state index in [2.05, 4.69) is 35.2 Å². The van der Waals surface area contributed by atoms with Crippen LogP contribution in [-0.2, 0) is 29.3 Å². The van der Waals surface area contributed by atoms with Crippen molar-refractivity contribution in [2.45, 2.75) is 57.2 Å². The molecule has 1 aliphatic rings. The molecule has 1 aliphatic carbocycles. The quantitative estimate of drug-likeness (QED) is 0.547. The number of aryl methyl sites for hydroxylation is 2. The smallest absolute Gasteiger partial charge is 0.209 e. The Labute approximate surface area is 182 Å². The highest BCUT2D eigenvalue weighted by Crippen LogP contribution is 2.30. The molecule has 5 nitrogen and oxygen atoms in total. The van der Waals surface area contributed by atoms with E-state index < -0.39 is 33.8 Å². The first kappa shape index (κ1) is 23.8. The summed E-state index contributed by atoms with van der Waals surface area (Å²) in [5, 5.41) is 14.1. The molecular formula is C23H30F2N2O3S. The van der Waals surface area contributed by atoms with E-state index in [1.165, 1.54) is 16.7 Å². The van der Waals surface area contributed by atoms with Gasteiger partial charge in [0.25, 0.3) is 0 Å². The van der Waals surface area contributed by atoms with E-state index in [9.17, 15) is 22.3 Å². The summed E-state index contributed by atoms with van der Waals surface area (Å²) in [5.41, 5.74) is 4.03. The highest BCUT2D eigenvalue weighted by molar-refractivity contribution is 7.88. The summed E-state index contributed by atoms with van der Waals surface area (Å²) in [7, 11) is -3.63. The largest absolute Gasteiger partial charge is 0.390 e. The van der Waals surface area contributed by atoms with Gasteiger partial charge in [-0.3, -0.25) is 0 Å². The Balaban J connectivity index is 1.73. The maximum Gasteiger partial charge on any atom is 0.209 e. The van der Waals surface area contributed by atoms with Crippen molar-refractivity contribution >= 4 is 10.0 Å². The van der Waals surface area contributed by atoms with E-state index in [0.29, 0.717) is 0 Å². The topological polar surface area (TPSA) is 78.4 Å². The van der Waals surface area contributed by atoms with Gasteiger partial charge in [-0.2, -0.15) is 0 Å². The molecule has 0 spiro atoms. The average molecular weight is 453 g/mol. The van der Waals surface area contributed by atoms with E-state index in [1.807, 2.05) is 0 Å². The zero-order valence-electron chi connectivity index (χ0n) is 17.9. The van der Waals surface area contributed by atoms with Gasteiger partial charge in [0, 0.05) is 18.7 Å². The van der Waals surface area contributed by atoms with Crippen LogP contribution in [0, 0.1) is 11.6 Å². The van der Waals surface area contributed by atoms with Gasteiger partial charge in [-0.05, 0) is 66.5 Å². The third kappa shape index (κ3) is 6.80. The van der Waals surface area contributed by atoms with Gasteiger partial charge in [0.2, 0.25) is 10.0 Å². The average Bonchev–Trinajstić information content (AvgIpc) is 2.69. The Morgan fingerprint density at radius 2 is 1.84 bits per heavy atom. The number of benzene rings is 2. The number of nitrogens with one attached hydrogen (secondary N) is 2. The third-order valence-corrected chi connectivity index (χ3v) is 6.45. The fourth-order valence-electron chi connectivity index (χ4n) is 4.20. The fourth-order valence-corrected chi connectivity index (χ4v) is 4.99. The van der Waals surface area contributed by atoms with Crippen molar-refractivity contribution in [3.8, 4) is 0 Å². The van der Waals surface area contributed by atoms with Gasteiger partial charge in [0.05, 0.1) is 18.4 Å². The normalized spacial score (nSPS) is 18.4. The standard InChI is InChI=1S/C23H30F2N2O3S/c1-3-15-7-8-17-5-4-6-21(20(17)11-15)26-14-23(28)22(27-31(2,29)30)12-16-9-18(24)13-19(25)10-16/h7-11,13,21-23,26-28H,3-6,12,14H2,1-2H3/t21-,22?,23+/m0/s1. The maximum absolute atomic E-state index is 13.6. The van der Waals surface area contributed by atoms with Gasteiger partial charge in [0.1, 0.15) is 11.6 Å². The molecule has 170 valence electrons. The minimum Gasteiger partial charge on any atom is -0.390 e. The molecule has 2 aromatic carbocycles. The summed E-state index contributed by atoms with van der Waals surface area (Å²) in [6, 6.07) is 8.68. The molecule has 3 atom stereocenters. The predicted molar refractivity (Wildman–Crippen MR) is 117 cm³/mol. The summed E-state index contributed by atoms with van der Waals surface area (Å²) in [4.78, 5) is 0. The highest BCUT2D eigenvalue weighted by Gasteiger charge is 2.26. The van der Waals surface area contributed by atoms with Gasteiger partial charge in [-0.1, -0.05) is 25.1 Å². The lowest BCUT2D eigenvalue weighted by molar-refractivity contribution is 0.130. The molecule has 0 saturated carbocycles. The summed E-state index contributed by atoms with van der Waals surface area (Å²) < 4.78 is 53.2. The van der Waals surface area contributed by atoms with E-state index in [-0.39, 0.29) is 24.6 Å². The van der Waals surface area contributed by atoms with Crippen LogP contribution in [0.1, 0.15) is 48.1 Å². The number of hydrogen-bond acceptors (Lipinski definition) is 4. The highest BCUT2D eigenvalue weighted by atomic mass is 32.2. The Hall–Kier alpha value is -1.87. The van der Waals surface area contributed by atoms with Crippen molar-refractivity contribution < 1.29 is 22.3 Å².